The van der Waals surface area contributed by atoms with Gasteiger partial charge < -0.3 is 14.8 Å². The van der Waals surface area contributed by atoms with Crippen LogP contribution >= 0.6 is 0 Å². The molecule has 35 heavy (non-hydrogen) atoms. The van der Waals surface area contributed by atoms with Gasteiger partial charge in [0.15, 0.2) is 0 Å². The van der Waals surface area contributed by atoms with E-state index in [1.54, 1.807) is 17.0 Å². The number of hydrogen-bond donors (Lipinski definition) is 1. The van der Waals surface area contributed by atoms with Crippen molar-refractivity contribution < 1.29 is 24.3 Å². The van der Waals surface area contributed by atoms with E-state index >= 15 is 0 Å². The van der Waals surface area contributed by atoms with Crippen molar-refractivity contribution in [3.63, 3.8) is 0 Å². The second kappa shape index (κ2) is 9.71. The first-order chi connectivity index (χ1) is 16.1. The molecule has 191 valence electrons. The second-order valence-electron chi connectivity index (χ2n) is 11.8. The Kier molecular flexibility index (Phi) is 7.45. The normalized spacial score (nSPS) is 21.5. The van der Waals surface area contributed by atoms with E-state index in [1.807, 2.05) is 54.5 Å². The average molecular weight is 485 g/mol. The highest BCUT2D eigenvalue weighted by molar-refractivity contribution is 5.72. The van der Waals surface area contributed by atoms with Gasteiger partial charge in [-0.25, -0.2) is 9.59 Å². The Hall–Kier alpha value is -2.76. The van der Waals surface area contributed by atoms with Crippen LogP contribution in [0.2, 0.25) is 0 Å². The smallest absolute Gasteiger partial charge is 0.412 e. The Balaban J connectivity index is 1.73. The largest absolute Gasteiger partial charge is 0.444 e. The number of hydroxylamine groups is 2. The van der Waals surface area contributed by atoms with Crippen LogP contribution in [0.4, 0.5) is 9.59 Å². The number of nitrogens with one attached hydrogen (secondary N) is 1. The number of carbonyl (C=O) groups excluding carboxylic acids is 2. The van der Waals surface area contributed by atoms with Gasteiger partial charge in [0.25, 0.3) is 0 Å². The van der Waals surface area contributed by atoms with Gasteiger partial charge in [-0.1, -0.05) is 12.0 Å². The zero-order chi connectivity index (χ0) is 26.2. The number of ether oxygens (including phenoxy) is 2. The fourth-order valence-electron chi connectivity index (χ4n) is 5.34. The van der Waals surface area contributed by atoms with Crippen molar-refractivity contribution >= 4 is 12.2 Å². The Morgan fingerprint density at radius 2 is 1.83 bits per heavy atom. The monoisotopic (exact) mass is 484 g/mol. The minimum absolute atomic E-state index is 0.120. The zero-order valence-corrected chi connectivity index (χ0v) is 21.9. The van der Waals surface area contributed by atoms with Crippen molar-refractivity contribution in [2.75, 3.05) is 6.54 Å². The Morgan fingerprint density at radius 1 is 1.20 bits per heavy atom. The quantitative estimate of drug-likeness (QED) is 0.608. The van der Waals surface area contributed by atoms with E-state index in [4.69, 9.17) is 15.9 Å². The van der Waals surface area contributed by atoms with E-state index in [1.165, 1.54) is 0 Å². The van der Waals surface area contributed by atoms with Crippen LogP contribution < -0.4 is 10.1 Å². The first-order valence-corrected chi connectivity index (χ1v) is 12.1. The molecular weight excluding hydrogens is 446 g/mol. The highest BCUT2D eigenvalue weighted by atomic mass is 16.6. The van der Waals surface area contributed by atoms with Gasteiger partial charge in [0.05, 0.1) is 12.6 Å². The molecule has 1 atom stereocenters. The van der Waals surface area contributed by atoms with Crippen LogP contribution in [-0.2, 0) is 16.4 Å². The summed E-state index contributed by atoms with van der Waals surface area (Å²) >= 11 is 0. The number of fused-ring (bicyclic) bond motifs is 1. The first-order valence-electron chi connectivity index (χ1n) is 12.1. The number of hydrogen-bond acceptors (Lipinski definition) is 5. The predicted molar refractivity (Wildman–Crippen MR) is 132 cm³/mol. The average Bonchev–Trinajstić information content (AvgIpc) is 3.11. The third kappa shape index (κ3) is 6.28. The summed E-state index contributed by atoms with van der Waals surface area (Å²) < 4.78 is 11.2. The van der Waals surface area contributed by atoms with Gasteiger partial charge in [-0.3, -0.25) is 4.90 Å². The van der Waals surface area contributed by atoms with Crippen molar-refractivity contribution in [2.45, 2.75) is 103 Å². The molecule has 0 spiro atoms. The standard InChI is InChI=1S/C27H38N3O5/c1-9-14-29(24(32)35-25(2,3)4)22-13-11-18-10-12-20(15-21(18)22)34-23(31)28-19-16-26(5,6)30(33)27(7,8)17-19/h1,10,12,15,19,22H,11,13-14,16-17H2,2-8H3,(H,28,31). The third-order valence-corrected chi connectivity index (χ3v) is 6.55. The molecule has 8 nitrogen and oxygen atoms in total. The van der Waals surface area contributed by atoms with Crippen LogP contribution in [0, 0.1) is 12.3 Å². The molecule has 1 aliphatic carbocycles. The number of carbonyl (C=O) groups is 2. The summed E-state index contributed by atoms with van der Waals surface area (Å²) in [5.41, 5.74) is 0.156. The van der Waals surface area contributed by atoms with E-state index < -0.39 is 28.9 Å². The number of rotatable bonds is 4. The lowest BCUT2D eigenvalue weighted by Crippen LogP contribution is -2.62. The number of aryl methyl sites for hydroxylation is 1. The Morgan fingerprint density at radius 3 is 2.40 bits per heavy atom. The molecule has 1 saturated heterocycles. The molecule has 3 rings (SSSR count). The Bertz CT molecular complexity index is 987. The van der Waals surface area contributed by atoms with Gasteiger partial charge in [0.2, 0.25) is 0 Å². The van der Waals surface area contributed by atoms with E-state index in [-0.39, 0.29) is 18.6 Å². The topological polar surface area (TPSA) is 91.0 Å². The summed E-state index contributed by atoms with van der Waals surface area (Å²) in [6.45, 7) is 13.1. The second-order valence-corrected chi connectivity index (χ2v) is 11.8. The number of terminal acetylenes is 1. The maximum atomic E-state index is 12.8. The molecule has 0 aromatic heterocycles. The minimum Gasteiger partial charge on any atom is -0.444 e. The van der Waals surface area contributed by atoms with Crippen molar-refractivity contribution in [3.05, 3.63) is 29.3 Å². The highest BCUT2D eigenvalue weighted by Crippen LogP contribution is 2.39. The molecule has 1 radical (unpaired) electrons. The molecule has 1 aromatic carbocycles. The maximum absolute atomic E-state index is 12.8. The molecule has 1 aromatic rings. The summed E-state index contributed by atoms with van der Waals surface area (Å²) in [5, 5.41) is 16.6. The highest BCUT2D eigenvalue weighted by Gasteiger charge is 2.46. The summed E-state index contributed by atoms with van der Waals surface area (Å²) in [6, 6.07) is 5.04. The number of piperidine rings is 1. The molecule has 1 heterocycles. The van der Waals surface area contributed by atoms with Crippen molar-refractivity contribution in [1.82, 2.24) is 15.3 Å². The molecule has 1 fully saturated rings. The van der Waals surface area contributed by atoms with Crippen LogP contribution in [0.1, 0.15) is 84.9 Å². The molecule has 2 aliphatic rings. The van der Waals surface area contributed by atoms with E-state index in [9.17, 15) is 14.8 Å². The van der Waals surface area contributed by atoms with Crippen LogP contribution in [0.15, 0.2) is 18.2 Å². The number of benzene rings is 1. The molecule has 1 unspecified atom stereocenters. The lowest BCUT2D eigenvalue weighted by Gasteiger charge is -2.49. The van der Waals surface area contributed by atoms with Crippen molar-refractivity contribution in [2.24, 2.45) is 0 Å². The fourth-order valence-corrected chi connectivity index (χ4v) is 5.34. The van der Waals surface area contributed by atoms with Crippen LogP contribution in [0.3, 0.4) is 0 Å². The van der Waals surface area contributed by atoms with E-state index in [0.717, 1.165) is 22.6 Å². The zero-order valence-electron chi connectivity index (χ0n) is 21.9. The minimum atomic E-state index is -0.639. The van der Waals surface area contributed by atoms with Gasteiger partial charge in [0, 0.05) is 17.1 Å². The molecule has 0 bridgehead atoms. The molecule has 1 aliphatic heterocycles. The summed E-state index contributed by atoms with van der Waals surface area (Å²) in [5.74, 6) is 2.94. The first kappa shape index (κ1) is 26.8. The number of nitrogens with zero attached hydrogens (tertiary/aromatic N) is 2. The molecule has 8 heteroatoms. The Labute approximate surface area is 208 Å². The van der Waals surface area contributed by atoms with Gasteiger partial charge in [-0.2, -0.15) is 0 Å². The fraction of sp³-hybridized carbons (Fsp3) is 0.630. The third-order valence-electron chi connectivity index (χ3n) is 6.55. The molecular formula is C27H38N3O5. The van der Waals surface area contributed by atoms with Crippen LogP contribution in [0.25, 0.3) is 0 Å². The summed E-state index contributed by atoms with van der Waals surface area (Å²) in [7, 11) is 0. The lowest BCUT2D eigenvalue weighted by atomic mass is 9.79. The summed E-state index contributed by atoms with van der Waals surface area (Å²) in [4.78, 5) is 27.1. The summed E-state index contributed by atoms with van der Waals surface area (Å²) in [6.07, 6.45) is 7.07. The maximum Gasteiger partial charge on any atom is 0.412 e. The van der Waals surface area contributed by atoms with Crippen LogP contribution in [-0.4, -0.2) is 51.4 Å². The number of amides is 2. The van der Waals surface area contributed by atoms with Gasteiger partial charge in [0.1, 0.15) is 11.4 Å². The van der Waals surface area contributed by atoms with Crippen molar-refractivity contribution in [1.29, 1.82) is 0 Å². The van der Waals surface area contributed by atoms with Gasteiger partial charge in [-0.05, 0) is 97.4 Å². The predicted octanol–water partition coefficient (Wildman–Crippen LogP) is 5.00. The van der Waals surface area contributed by atoms with Gasteiger partial charge in [-0.15, -0.1) is 16.7 Å². The van der Waals surface area contributed by atoms with Crippen molar-refractivity contribution in [3.8, 4) is 18.1 Å². The van der Waals surface area contributed by atoms with Crippen LogP contribution in [0.5, 0.6) is 5.75 Å². The van der Waals surface area contributed by atoms with E-state index in [2.05, 4.69) is 11.2 Å². The SMILES string of the molecule is C#CCN(C(=O)OC(C)(C)C)C1CCc2ccc(OC(=O)NC3CC(C)(C)N([O])C(C)(C)C3)cc21. The molecule has 1 N–H and O–H groups in total. The van der Waals surface area contributed by atoms with E-state index in [0.29, 0.717) is 25.0 Å². The van der Waals surface area contributed by atoms with Gasteiger partial charge >= 0.3 is 12.2 Å². The molecule has 2 amide bonds. The molecule has 0 saturated carbocycles. The lowest BCUT2D eigenvalue weighted by molar-refractivity contribution is -0.289.